The molecule has 2 heterocycles. The van der Waals surface area contributed by atoms with Gasteiger partial charge < -0.3 is 20.7 Å². The summed E-state index contributed by atoms with van der Waals surface area (Å²) in [5, 5.41) is 20.4. The average molecular weight is 390 g/mol. The largest absolute Gasteiger partial charge is 0.378 e. The SMILES string of the molecule is OC(NCCc1cnc[nH]1)C1C=C(C2=CCN=C(Nc3ccccc3)N2)C=CC1. The van der Waals surface area contributed by atoms with Gasteiger partial charge in [-0.25, -0.2) is 9.98 Å². The Morgan fingerprint density at radius 3 is 2.97 bits per heavy atom. The second kappa shape index (κ2) is 9.36. The van der Waals surface area contributed by atoms with Crippen LogP contribution in [-0.2, 0) is 6.42 Å². The number of nitrogens with zero attached hydrogens (tertiary/aromatic N) is 2. The van der Waals surface area contributed by atoms with Crippen LogP contribution in [0.2, 0.25) is 0 Å². The number of allylic oxidation sites excluding steroid dienone is 2. The number of anilines is 1. The molecule has 0 spiro atoms. The van der Waals surface area contributed by atoms with Crippen molar-refractivity contribution in [3.05, 3.63) is 84.1 Å². The second-order valence-corrected chi connectivity index (χ2v) is 7.07. The molecule has 0 radical (unpaired) electrons. The number of imidazole rings is 1. The molecule has 1 aromatic heterocycles. The van der Waals surface area contributed by atoms with E-state index in [-0.39, 0.29) is 5.92 Å². The van der Waals surface area contributed by atoms with Gasteiger partial charge in [0.1, 0.15) is 6.23 Å². The zero-order valence-electron chi connectivity index (χ0n) is 16.2. The highest BCUT2D eigenvalue weighted by molar-refractivity contribution is 5.95. The Hall–Kier alpha value is -3.16. The number of aliphatic imine (C=N–C) groups is 1. The van der Waals surface area contributed by atoms with E-state index in [4.69, 9.17) is 0 Å². The Morgan fingerprint density at radius 2 is 2.14 bits per heavy atom. The molecule has 0 bridgehead atoms. The van der Waals surface area contributed by atoms with Crippen LogP contribution in [0, 0.1) is 5.92 Å². The fourth-order valence-corrected chi connectivity index (χ4v) is 3.40. The van der Waals surface area contributed by atoms with Gasteiger partial charge in [-0.3, -0.25) is 5.32 Å². The molecule has 29 heavy (non-hydrogen) atoms. The molecule has 4 rings (SSSR count). The van der Waals surface area contributed by atoms with Crippen molar-refractivity contribution < 1.29 is 5.11 Å². The molecular formula is C22H26N6O. The molecule has 2 unspecified atom stereocenters. The number of aliphatic hydroxyl groups excluding tert-OH is 1. The lowest BCUT2D eigenvalue weighted by molar-refractivity contribution is 0.0958. The van der Waals surface area contributed by atoms with E-state index in [1.807, 2.05) is 30.3 Å². The van der Waals surface area contributed by atoms with Gasteiger partial charge in [0, 0.05) is 42.2 Å². The number of H-pyrrole nitrogens is 1. The van der Waals surface area contributed by atoms with Crippen molar-refractivity contribution >= 4 is 11.6 Å². The molecule has 0 amide bonds. The van der Waals surface area contributed by atoms with E-state index < -0.39 is 6.23 Å². The summed E-state index contributed by atoms with van der Waals surface area (Å²) < 4.78 is 0. The molecule has 1 aliphatic carbocycles. The molecular weight excluding hydrogens is 364 g/mol. The first-order chi connectivity index (χ1) is 14.3. The minimum Gasteiger partial charge on any atom is -0.378 e. The highest BCUT2D eigenvalue weighted by Crippen LogP contribution is 2.24. The summed E-state index contributed by atoms with van der Waals surface area (Å²) in [5.41, 5.74) is 4.11. The minimum atomic E-state index is -0.599. The van der Waals surface area contributed by atoms with Gasteiger partial charge in [-0.1, -0.05) is 36.4 Å². The molecule has 7 heteroatoms. The second-order valence-electron chi connectivity index (χ2n) is 7.07. The monoisotopic (exact) mass is 390 g/mol. The van der Waals surface area contributed by atoms with Crippen LogP contribution in [0.4, 0.5) is 5.69 Å². The molecule has 0 saturated carbocycles. The predicted molar refractivity (Wildman–Crippen MR) is 115 cm³/mol. The summed E-state index contributed by atoms with van der Waals surface area (Å²) in [6, 6.07) is 9.96. The minimum absolute atomic E-state index is 0.0175. The summed E-state index contributed by atoms with van der Waals surface area (Å²) in [6.45, 7) is 1.30. The fraction of sp³-hybridized carbons (Fsp3) is 0.273. The Balaban J connectivity index is 1.33. The number of hydrogen-bond donors (Lipinski definition) is 5. The highest BCUT2D eigenvalue weighted by Gasteiger charge is 2.20. The van der Waals surface area contributed by atoms with Crippen molar-refractivity contribution in [2.45, 2.75) is 19.1 Å². The molecule has 7 nitrogen and oxygen atoms in total. The van der Waals surface area contributed by atoms with Gasteiger partial charge in [-0.2, -0.15) is 0 Å². The lowest BCUT2D eigenvalue weighted by atomic mass is 9.92. The lowest BCUT2D eigenvalue weighted by Gasteiger charge is -2.25. The zero-order chi connectivity index (χ0) is 19.9. The number of aliphatic hydroxyl groups is 1. The molecule has 0 fully saturated rings. The molecule has 2 aliphatic rings. The first-order valence-corrected chi connectivity index (χ1v) is 9.89. The van der Waals surface area contributed by atoms with Crippen LogP contribution in [0.3, 0.4) is 0 Å². The van der Waals surface area contributed by atoms with Crippen LogP contribution >= 0.6 is 0 Å². The third-order valence-electron chi connectivity index (χ3n) is 4.95. The van der Waals surface area contributed by atoms with E-state index in [2.05, 4.69) is 55.2 Å². The van der Waals surface area contributed by atoms with Gasteiger partial charge >= 0.3 is 0 Å². The van der Waals surface area contributed by atoms with Crippen LogP contribution in [0.5, 0.6) is 0 Å². The van der Waals surface area contributed by atoms with Crippen molar-refractivity contribution in [2.75, 3.05) is 18.4 Å². The number of nitrogens with one attached hydrogen (secondary N) is 4. The summed E-state index contributed by atoms with van der Waals surface area (Å²) in [6.07, 6.45) is 12.9. The summed E-state index contributed by atoms with van der Waals surface area (Å²) in [7, 11) is 0. The van der Waals surface area contributed by atoms with Gasteiger partial charge in [0.25, 0.3) is 0 Å². The number of aromatic nitrogens is 2. The van der Waals surface area contributed by atoms with Gasteiger partial charge in [-0.15, -0.1) is 0 Å². The van der Waals surface area contributed by atoms with Crippen molar-refractivity contribution in [1.82, 2.24) is 20.6 Å². The standard InChI is InChI=1S/C22H26N6O/c29-21(24-11-9-19-14-23-15-26-19)17-6-4-5-16(13-17)20-10-12-25-22(28-20)27-18-7-2-1-3-8-18/h1-5,7-8,10,13-15,17,21,24,29H,6,9,11-12H2,(H,23,26)(H2,25,27,28). The number of benzene rings is 1. The third-order valence-corrected chi connectivity index (χ3v) is 4.95. The van der Waals surface area contributed by atoms with E-state index in [0.29, 0.717) is 13.1 Å². The maximum Gasteiger partial charge on any atom is 0.200 e. The molecule has 1 aromatic carbocycles. The maximum atomic E-state index is 10.6. The normalized spacial score (nSPS) is 19.6. The molecule has 5 N–H and O–H groups in total. The number of guanidine groups is 1. The number of aromatic amines is 1. The van der Waals surface area contributed by atoms with Gasteiger partial charge in [0.2, 0.25) is 5.96 Å². The van der Waals surface area contributed by atoms with Crippen LogP contribution in [0.15, 0.2) is 83.4 Å². The molecule has 0 saturated heterocycles. The fourth-order valence-electron chi connectivity index (χ4n) is 3.40. The van der Waals surface area contributed by atoms with E-state index in [1.54, 1.807) is 12.5 Å². The number of rotatable bonds is 7. The first kappa shape index (κ1) is 19.2. The first-order valence-electron chi connectivity index (χ1n) is 9.89. The maximum absolute atomic E-state index is 10.6. The third kappa shape index (κ3) is 5.22. The Kier molecular flexibility index (Phi) is 6.19. The van der Waals surface area contributed by atoms with Gasteiger partial charge in [-0.05, 0) is 30.2 Å². The van der Waals surface area contributed by atoms with Crippen LogP contribution in [0.25, 0.3) is 0 Å². The molecule has 2 aromatic rings. The van der Waals surface area contributed by atoms with E-state index in [9.17, 15) is 5.11 Å². The van der Waals surface area contributed by atoms with Crippen molar-refractivity contribution in [3.8, 4) is 0 Å². The van der Waals surface area contributed by atoms with Gasteiger partial charge in [0.05, 0.1) is 12.9 Å². The van der Waals surface area contributed by atoms with E-state index in [0.717, 1.165) is 41.5 Å². The zero-order valence-corrected chi connectivity index (χ0v) is 16.2. The predicted octanol–water partition coefficient (Wildman–Crippen LogP) is 2.32. The highest BCUT2D eigenvalue weighted by atomic mass is 16.3. The molecule has 2 atom stereocenters. The van der Waals surface area contributed by atoms with Crippen molar-refractivity contribution in [2.24, 2.45) is 10.9 Å². The molecule has 1 aliphatic heterocycles. The van der Waals surface area contributed by atoms with Crippen LogP contribution in [0.1, 0.15) is 12.1 Å². The summed E-state index contributed by atoms with van der Waals surface area (Å²) >= 11 is 0. The van der Waals surface area contributed by atoms with Crippen molar-refractivity contribution in [3.63, 3.8) is 0 Å². The van der Waals surface area contributed by atoms with Crippen LogP contribution < -0.4 is 16.0 Å². The quantitative estimate of drug-likeness (QED) is 0.468. The summed E-state index contributed by atoms with van der Waals surface area (Å²) in [5.74, 6) is 0.743. The smallest absolute Gasteiger partial charge is 0.200 e. The Morgan fingerprint density at radius 1 is 1.24 bits per heavy atom. The topological polar surface area (TPSA) is 97.4 Å². The van der Waals surface area contributed by atoms with Crippen LogP contribution in [-0.4, -0.2) is 40.4 Å². The van der Waals surface area contributed by atoms with E-state index >= 15 is 0 Å². The average Bonchev–Trinajstić information content (AvgIpc) is 3.28. The summed E-state index contributed by atoms with van der Waals surface area (Å²) in [4.78, 5) is 11.6. The molecule has 150 valence electrons. The van der Waals surface area contributed by atoms with Crippen molar-refractivity contribution in [1.29, 1.82) is 0 Å². The number of para-hydroxylation sites is 1. The number of hydrogen-bond acceptors (Lipinski definition) is 6. The lowest BCUT2D eigenvalue weighted by Crippen LogP contribution is -2.38. The van der Waals surface area contributed by atoms with Gasteiger partial charge in [0.15, 0.2) is 0 Å². The Bertz CT molecular complexity index is 914. The Labute approximate surface area is 170 Å². The van der Waals surface area contributed by atoms with E-state index in [1.165, 1.54) is 0 Å².